The zero-order chi connectivity index (χ0) is 25.6. The lowest BCUT2D eigenvalue weighted by Gasteiger charge is -2.30. The van der Waals surface area contributed by atoms with E-state index in [1.54, 1.807) is 31.4 Å². The van der Waals surface area contributed by atoms with Gasteiger partial charge in [0.05, 0.1) is 13.2 Å². The highest BCUT2D eigenvalue weighted by Gasteiger charge is 2.26. The Labute approximate surface area is 209 Å². The lowest BCUT2D eigenvalue weighted by atomic mass is 9.91. The molecule has 7 nitrogen and oxygen atoms in total. The third-order valence-electron chi connectivity index (χ3n) is 6.01. The number of nitrogens with zero attached hydrogens (tertiary/aromatic N) is 2. The smallest absolute Gasteiger partial charge is 0.255 e. The number of hydrogen-bond donors (Lipinski definition) is 1. The molecule has 0 radical (unpaired) electrons. The van der Waals surface area contributed by atoms with Gasteiger partial charge in [0.1, 0.15) is 5.75 Å². The molecular formula is C28H39N3O4. The Balaban J connectivity index is 1.84. The fourth-order valence-electron chi connectivity index (χ4n) is 4.23. The Bertz CT molecular complexity index is 1010. The van der Waals surface area contributed by atoms with Gasteiger partial charge in [-0.05, 0) is 66.3 Å². The largest absolute Gasteiger partial charge is 0.497 e. The second-order valence-corrected chi connectivity index (χ2v) is 10.6. The molecule has 2 amide bonds. The summed E-state index contributed by atoms with van der Waals surface area (Å²) in [5.41, 5.74) is 3.11. The Morgan fingerprint density at radius 2 is 1.83 bits per heavy atom. The first-order valence-corrected chi connectivity index (χ1v) is 12.2. The molecule has 0 aromatic heterocycles. The van der Waals surface area contributed by atoms with Crippen LogP contribution in [0.1, 0.15) is 56.0 Å². The topological polar surface area (TPSA) is 71.1 Å². The molecule has 0 bridgehead atoms. The predicted octanol–water partition coefficient (Wildman–Crippen LogP) is 4.96. The third kappa shape index (κ3) is 7.72. The first kappa shape index (κ1) is 26.5. The summed E-state index contributed by atoms with van der Waals surface area (Å²) in [7, 11) is 5.56. The molecule has 1 atom stereocenters. The van der Waals surface area contributed by atoms with Crippen LogP contribution in [0.3, 0.4) is 0 Å². The minimum Gasteiger partial charge on any atom is -0.497 e. The summed E-state index contributed by atoms with van der Waals surface area (Å²) >= 11 is 0. The average molecular weight is 482 g/mol. The van der Waals surface area contributed by atoms with Crippen LogP contribution in [-0.4, -0.2) is 57.2 Å². The van der Waals surface area contributed by atoms with Crippen molar-refractivity contribution in [3.05, 3.63) is 53.6 Å². The van der Waals surface area contributed by atoms with Crippen molar-refractivity contribution < 1.29 is 19.1 Å². The van der Waals surface area contributed by atoms with Crippen molar-refractivity contribution in [1.29, 1.82) is 0 Å². The van der Waals surface area contributed by atoms with Crippen LogP contribution >= 0.6 is 0 Å². The van der Waals surface area contributed by atoms with Gasteiger partial charge in [0.25, 0.3) is 5.91 Å². The maximum atomic E-state index is 13.3. The van der Waals surface area contributed by atoms with Crippen molar-refractivity contribution in [3.63, 3.8) is 0 Å². The quantitative estimate of drug-likeness (QED) is 0.548. The van der Waals surface area contributed by atoms with Crippen molar-refractivity contribution in [2.75, 3.05) is 44.6 Å². The number of ether oxygens (including phenoxy) is 2. The molecule has 1 aliphatic heterocycles. The van der Waals surface area contributed by atoms with E-state index < -0.39 is 0 Å². The maximum absolute atomic E-state index is 13.3. The van der Waals surface area contributed by atoms with E-state index in [-0.39, 0.29) is 23.3 Å². The summed E-state index contributed by atoms with van der Waals surface area (Å²) in [6.07, 6.45) is 2.53. The standard InChI is InChI=1S/C28H39N3O4/c1-28(2,3)17-26(32)31(19-24-8-7-15-35-24)18-21-16-22(11-14-25(21)30(4)5)29-27(33)20-9-12-23(34-6)13-10-20/h9-14,16,24H,7-8,15,17-19H2,1-6H3,(H,29,33). The van der Waals surface area contributed by atoms with E-state index in [4.69, 9.17) is 9.47 Å². The van der Waals surface area contributed by atoms with Crippen molar-refractivity contribution in [2.45, 2.75) is 52.7 Å². The molecule has 1 unspecified atom stereocenters. The van der Waals surface area contributed by atoms with Gasteiger partial charge >= 0.3 is 0 Å². The molecule has 0 saturated carbocycles. The van der Waals surface area contributed by atoms with Gasteiger partial charge in [-0.2, -0.15) is 0 Å². The number of carbonyl (C=O) groups excluding carboxylic acids is 2. The van der Waals surface area contributed by atoms with E-state index in [0.29, 0.717) is 36.5 Å². The Hall–Kier alpha value is -3.06. The van der Waals surface area contributed by atoms with Gasteiger partial charge in [0.15, 0.2) is 0 Å². The molecule has 2 aromatic carbocycles. The summed E-state index contributed by atoms with van der Waals surface area (Å²) < 4.78 is 11.0. The summed E-state index contributed by atoms with van der Waals surface area (Å²) in [6.45, 7) is 8.02. The van der Waals surface area contributed by atoms with Crippen LogP contribution < -0.4 is 15.0 Å². The van der Waals surface area contributed by atoms with Crippen LogP contribution in [0.4, 0.5) is 11.4 Å². The van der Waals surface area contributed by atoms with E-state index in [0.717, 1.165) is 30.7 Å². The van der Waals surface area contributed by atoms with Crippen molar-refractivity contribution in [1.82, 2.24) is 4.90 Å². The minimum atomic E-state index is -0.198. The van der Waals surface area contributed by atoms with E-state index in [2.05, 4.69) is 26.1 Å². The number of hydrogen-bond acceptors (Lipinski definition) is 5. The highest BCUT2D eigenvalue weighted by atomic mass is 16.5. The van der Waals surface area contributed by atoms with E-state index in [1.807, 2.05) is 42.1 Å². The van der Waals surface area contributed by atoms with Crippen LogP contribution in [0.15, 0.2) is 42.5 Å². The Morgan fingerprint density at radius 3 is 2.40 bits per heavy atom. The lowest BCUT2D eigenvalue weighted by Crippen LogP contribution is -2.38. The van der Waals surface area contributed by atoms with Gasteiger partial charge in [-0.15, -0.1) is 0 Å². The molecule has 190 valence electrons. The van der Waals surface area contributed by atoms with Crippen LogP contribution in [0, 0.1) is 5.41 Å². The van der Waals surface area contributed by atoms with Gasteiger partial charge in [-0.3, -0.25) is 9.59 Å². The van der Waals surface area contributed by atoms with Crippen LogP contribution in [-0.2, 0) is 16.1 Å². The van der Waals surface area contributed by atoms with Crippen LogP contribution in [0.2, 0.25) is 0 Å². The molecule has 1 heterocycles. The average Bonchev–Trinajstić information content (AvgIpc) is 3.30. The molecule has 3 rings (SSSR count). The van der Waals surface area contributed by atoms with Gasteiger partial charge in [0, 0.05) is 57.2 Å². The molecule has 1 aliphatic rings. The molecule has 7 heteroatoms. The molecule has 0 spiro atoms. The fourth-order valence-corrected chi connectivity index (χ4v) is 4.23. The highest BCUT2D eigenvalue weighted by molar-refractivity contribution is 6.04. The zero-order valence-electron chi connectivity index (χ0n) is 21.9. The monoisotopic (exact) mass is 481 g/mol. The first-order chi connectivity index (χ1) is 16.6. The van der Waals surface area contributed by atoms with Gasteiger partial charge in [-0.25, -0.2) is 0 Å². The van der Waals surface area contributed by atoms with Gasteiger partial charge in [0.2, 0.25) is 5.91 Å². The second kappa shape index (κ2) is 11.6. The van der Waals surface area contributed by atoms with Gasteiger partial charge in [-0.1, -0.05) is 20.8 Å². The van der Waals surface area contributed by atoms with E-state index in [1.165, 1.54) is 0 Å². The summed E-state index contributed by atoms with van der Waals surface area (Å²) in [5, 5.41) is 2.99. The summed E-state index contributed by atoms with van der Waals surface area (Å²) in [4.78, 5) is 30.1. The fraction of sp³-hybridized carbons (Fsp3) is 0.500. The van der Waals surface area contributed by atoms with Gasteiger partial charge < -0.3 is 24.6 Å². The SMILES string of the molecule is COc1ccc(C(=O)Nc2ccc(N(C)C)c(CN(CC3CCCO3)C(=O)CC(C)(C)C)c2)cc1. The number of rotatable bonds is 9. The molecule has 1 fully saturated rings. The van der Waals surface area contributed by atoms with E-state index in [9.17, 15) is 9.59 Å². The molecule has 2 aromatic rings. The third-order valence-corrected chi connectivity index (χ3v) is 6.01. The van der Waals surface area contributed by atoms with Crippen molar-refractivity contribution in [3.8, 4) is 5.75 Å². The Morgan fingerprint density at radius 1 is 1.11 bits per heavy atom. The zero-order valence-corrected chi connectivity index (χ0v) is 21.9. The molecule has 1 saturated heterocycles. The van der Waals surface area contributed by atoms with Crippen LogP contribution in [0.25, 0.3) is 0 Å². The number of amides is 2. The maximum Gasteiger partial charge on any atom is 0.255 e. The molecule has 1 N–H and O–H groups in total. The second-order valence-electron chi connectivity index (χ2n) is 10.6. The lowest BCUT2D eigenvalue weighted by molar-refractivity contribution is -0.135. The minimum absolute atomic E-state index is 0.0691. The van der Waals surface area contributed by atoms with Crippen molar-refractivity contribution >= 4 is 23.2 Å². The number of carbonyl (C=O) groups is 2. The summed E-state index contributed by atoms with van der Waals surface area (Å²) in [6, 6.07) is 12.8. The number of methoxy groups -OCH3 is 1. The number of anilines is 2. The molecule has 0 aliphatic carbocycles. The molecular weight excluding hydrogens is 442 g/mol. The predicted molar refractivity (Wildman–Crippen MR) is 140 cm³/mol. The van der Waals surface area contributed by atoms with Crippen molar-refractivity contribution in [2.24, 2.45) is 5.41 Å². The summed E-state index contributed by atoms with van der Waals surface area (Å²) in [5.74, 6) is 0.618. The van der Waals surface area contributed by atoms with E-state index >= 15 is 0 Å². The number of benzene rings is 2. The molecule has 35 heavy (non-hydrogen) atoms. The highest BCUT2D eigenvalue weighted by Crippen LogP contribution is 2.28. The Kier molecular flexibility index (Phi) is 8.78. The van der Waals surface area contributed by atoms with Crippen LogP contribution in [0.5, 0.6) is 5.75 Å². The number of nitrogens with one attached hydrogen (secondary N) is 1. The first-order valence-electron chi connectivity index (χ1n) is 12.2. The normalized spacial score (nSPS) is 15.5.